The smallest absolute Gasteiger partial charge is 0.693 e. The van der Waals surface area contributed by atoms with E-state index in [1.54, 1.807) is 0 Å². The summed E-state index contributed by atoms with van der Waals surface area (Å²) in [7, 11) is 30.3. The number of hydrogen-bond donors (Lipinski definition) is 0. The van der Waals surface area contributed by atoms with Crippen LogP contribution >= 0.6 is 58.1 Å². The van der Waals surface area contributed by atoms with Crippen molar-refractivity contribution < 1.29 is 6.48 Å². The molecule has 0 amide bonds. The van der Waals surface area contributed by atoms with Crippen LogP contribution in [0.5, 0.6) is 0 Å². The molecule has 0 rings (SSSR count). The van der Waals surface area contributed by atoms with Crippen molar-refractivity contribution >= 4 is 58.1 Å². The van der Waals surface area contributed by atoms with Crippen molar-refractivity contribution in [1.29, 1.82) is 0 Å². The maximum atomic E-state index is 5.04. The maximum absolute atomic E-state index is 5.22. The zero-order valence-corrected chi connectivity index (χ0v) is 10.0. The van der Waals surface area contributed by atoms with E-state index in [0.717, 1.165) is 0 Å². The van der Waals surface area contributed by atoms with E-state index >= 15 is 0 Å². The number of hydrogen-bond acceptors (Lipinski definition) is 0. The minimum absolute atomic E-state index is 0. The molecule has 66 valence electrons. The average Bonchev–Trinajstić information content (AvgIpc) is 0.592. The summed E-state index contributed by atoms with van der Waals surface area (Å²) in [4.78, 5) is 0. The van der Waals surface area contributed by atoms with Gasteiger partial charge in [-0.15, -0.1) is 0 Å². The number of halogens is 6. The molecule has 0 aliphatic rings. The van der Waals surface area contributed by atoms with Crippen molar-refractivity contribution in [2.75, 3.05) is 0 Å². The Balaban J connectivity index is -0.000000180. The predicted octanol–water partition coefficient (Wildman–Crippen LogP) is 5.57. The van der Waals surface area contributed by atoms with Gasteiger partial charge in [-0.2, -0.15) is 0 Å². The zero-order valence-electron chi connectivity index (χ0n) is 3.78. The molecule has 9 heavy (non-hydrogen) atoms. The Hall–Kier alpha value is 2.28. The zero-order chi connectivity index (χ0) is 6.41. The van der Waals surface area contributed by atoms with Crippen LogP contribution in [-0.4, -0.2) is 0 Å². The van der Waals surface area contributed by atoms with Crippen LogP contribution in [0.15, 0.2) is 0 Å². The van der Waals surface area contributed by atoms with E-state index in [-0.39, 0.29) is 12.3 Å². The van der Waals surface area contributed by atoms with Crippen LogP contribution in [0.4, 0.5) is 0 Å². The SMILES string of the molecule is [Cl][Ru]([Cl])([Cl])([Cl])([Cl])[Cl].[NH2-].[NH2-]. The summed E-state index contributed by atoms with van der Waals surface area (Å²) >= 11 is 0. The van der Waals surface area contributed by atoms with Crippen LogP contribution in [-0.2, 0) is 6.48 Å². The topological polar surface area (TPSA) is 67.0 Å². The van der Waals surface area contributed by atoms with E-state index in [0.29, 0.717) is 0 Å². The summed E-state index contributed by atoms with van der Waals surface area (Å²) in [5.41, 5.74) is 0. The second-order valence-electron chi connectivity index (χ2n) is 0.758. The summed E-state index contributed by atoms with van der Waals surface area (Å²) in [5.74, 6) is 0. The van der Waals surface area contributed by atoms with Gasteiger partial charge in [0.15, 0.2) is 0 Å². The minimum atomic E-state index is -5.22. The quantitative estimate of drug-likeness (QED) is 0.515. The molecule has 0 aromatic carbocycles. The molecule has 0 atom stereocenters. The van der Waals surface area contributed by atoms with Gasteiger partial charge in [0.1, 0.15) is 0 Å². The van der Waals surface area contributed by atoms with E-state index in [9.17, 15) is 0 Å². The van der Waals surface area contributed by atoms with Gasteiger partial charge in [-0.25, -0.2) is 0 Å². The molecule has 0 heterocycles. The molecule has 0 aliphatic heterocycles. The summed E-state index contributed by atoms with van der Waals surface area (Å²) in [5, 5.41) is 0. The molecular weight excluding hydrogens is 342 g/mol. The third-order valence-electron chi connectivity index (χ3n) is 0. The summed E-state index contributed by atoms with van der Waals surface area (Å²) in [6.45, 7) is -5.22. The Morgan fingerprint density at radius 1 is 0.556 bits per heavy atom. The minimum Gasteiger partial charge on any atom is -0.693 e. The van der Waals surface area contributed by atoms with Gasteiger partial charge in [0.2, 0.25) is 0 Å². The summed E-state index contributed by atoms with van der Waals surface area (Å²) < 4.78 is 0. The Labute approximate surface area is 76.1 Å². The molecule has 0 fully saturated rings. The summed E-state index contributed by atoms with van der Waals surface area (Å²) in [6.07, 6.45) is 0. The molecule has 0 spiro atoms. The van der Waals surface area contributed by atoms with E-state index < -0.39 is 6.48 Å². The summed E-state index contributed by atoms with van der Waals surface area (Å²) in [6, 6.07) is 0. The standard InChI is InChI=1S/6ClH.2H2N.Ru/h6*1H;2*1H2;/q;;;;;;2*-1;+6/p-6. The normalized spacial score (nSPS) is 18.0. The fraction of sp³-hybridized carbons (Fsp3) is 0. The van der Waals surface area contributed by atoms with Crippen LogP contribution in [0.3, 0.4) is 0 Å². The molecule has 0 aliphatic carbocycles. The van der Waals surface area contributed by atoms with Gasteiger partial charge in [0.05, 0.1) is 0 Å². The van der Waals surface area contributed by atoms with Gasteiger partial charge >= 0.3 is 64.6 Å². The van der Waals surface area contributed by atoms with E-state index in [2.05, 4.69) is 0 Å². The molecule has 0 radical (unpaired) electrons. The number of nitrogens with two attached hydrogens (primary N) is 2. The molecule has 0 unspecified atom stereocenters. The van der Waals surface area contributed by atoms with Gasteiger partial charge in [-0.1, -0.05) is 0 Å². The fourth-order valence-corrected chi connectivity index (χ4v) is 0. The van der Waals surface area contributed by atoms with Gasteiger partial charge in [0.25, 0.3) is 0 Å². The van der Waals surface area contributed by atoms with Crippen molar-refractivity contribution in [2.24, 2.45) is 0 Å². The van der Waals surface area contributed by atoms with Gasteiger partial charge < -0.3 is 12.3 Å². The largest absolute Gasteiger partial charge is 0.693 e. The Kier molecular flexibility index (Phi) is 5.73. The predicted molar refractivity (Wildman–Crippen MR) is 45.7 cm³/mol. The van der Waals surface area contributed by atoms with E-state index in [1.165, 1.54) is 0 Å². The van der Waals surface area contributed by atoms with Crippen LogP contribution in [0, 0.1) is 0 Å². The monoisotopic (exact) mass is 344 g/mol. The maximum Gasteiger partial charge on any atom is -0.693 e. The number of rotatable bonds is 0. The Bertz CT molecular complexity index is 69.6. The third-order valence-corrected chi connectivity index (χ3v) is 0. The average molecular weight is 346 g/mol. The first-order valence-electron chi connectivity index (χ1n) is 0.802. The molecular formula is H4Cl6N2Ru-2. The Morgan fingerprint density at radius 3 is 0.556 bits per heavy atom. The van der Waals surface area contributed by atoms with Crippen molar-refractivity contribution in [3.8, 4) is 0 Å². The van der Waals surface area contributed by atoms with E-state index in [1.807, 2.05) is 0 Å². The first-order chi connectivity index (χ1) is 2.45. The van der Waals surface area contributed by atoms with E-state index in [4.69, 9.17) is 58.1 Å². The van der Waals surface area contributed by atoms with Gasteiger partial charge in [0, 0.05) is 0 Å². The molecule has 0 aromatic heterocycles. The molecule has 4 N–H and O–H groups in total. The van der Waals surface area contributed by atoms with Crippen LogP contribution in [0.25, 0.3) is 12.3 Å². The molecule has 0 bridgehead atoms. The van der Waals surface area contributed by atoms with Crippen molar-refractivity contribution in [3.63, 3.8) is 0 Å². The first kappa shape index (κ1) is 17.4. The molecule has 2 nitrogen and oxygen atoms in total. The van der Waals surface area contributed by atoms with Crippen LogP contribution in [0.2, 0.25) is 0 Å². The Morgan fingerprint density at radius 2 is 0.556 bits per heavy atom. The van der Waals surface area contributed by atoms with Gasteiger partial charge in [-0.05, 0) is 0 Å². The fourth-order valence-electron chi connectivity index (χ4n) is 0. The van der Waals surface area contributed by atoms with Crippen molar-refractivity contribution in [2.45, 2.75) is 0 Å². The third kappa shape index (κ3) is 135. The molecule has 0 saturated heterocycles. The second-order valence-corrected chi connectivity index (χ2v) is 40.3. The molecule has 0 saturated carbocycles. The van der Waals surface area contributed by atoms with Gasteiger partial charge in [-0.3, -0.25) is 0 Å². The van der Waals surface area contributed by atoms with Crippen molar-refractivity contribution in [1.82, 2.24) is 0 Å². The second kappa shape index (κ2) is 2.97. The van der Waals surface area contributed by atoms with Crippen molar-refractivity contribution in [3.05, 3.63) is 12.3 Å². The molecule has 9 heteroatoms. The van der Waals surface area contributed by atoms with Crippen LogP contribution in [0.1, 0.15) is 0 Å². The van der Waals surface area contributed by atoms with Crippen LogP contribution < -0.4 is 0 Å². The first-order valence-corrected chi connectivity index (χ1v) is 14.2. The molecule has 0 aromatic rings.